The fourth-order valence-electron chi connectivity index (χ4n) is 2.80. The Balaban J connectivity index is 1.40. The van der Waals surface area contributed by atoms with Gasteiger partial charge in [-0.3, -0.25) is 4.79 Å². The van der Waals surface area contributed by atoms with E-state index in [1.54, 1.807) is 18.3 Å². The third-order valence-electron chi connectivity index (χ3n) is 4.07. The van der Waals surface area contributed by atoms with Gasteiger partial charge < -0.3 is 4.42 Å². The summed E-state index contributed by atoms with van der Waals surface area (Å²) in [5, 5.41) is 14.7. The highest BCUT2D eigenvalue weighted by Gasteiger charge is 2.28. The van der Waals surface area contributed by atoms with Crippen LogP contribution < -0.4 is 0 Å². The van der Waals surface area contributed by atoms with Crippen molar-refractivity contribution in [3.05, 3.63) is 65.2 Å². The molecule has 1 aliphatic rings. The van der Waals surface area contributed by atoms with E-state index in [2.05, 4.69) is 15.3 Å². The van der Waals surface area contributed by atoms with Crippen LogP contribution in [0.25, 0.3) is 11.5 Å². The summed E-state index contributed by atoms with van der Waals surface area (Å²) in [6.45, 7) is 0. The molecule has 1 atom stereocenters. The summed E-state index contributed by atoms with van der Waals surface area (Å²) in [5.74, 6) is 0.427. The SMILES string of the molecule is O=C(CSc1nnc(-c2cccc(Cl)c2)o1)N1N=CC[C@@H]1c1ccccc1. The molecular formula is C19H15ClN4O2S. The maximum atomic E-state index is 12.6. The van der Waals surface area contributed by atoms with Crippen LogP contribution in [0.2, 0.25) is 5.02 Å². The van der Waals surface area contributed by atoms with Crippen molar-refractivity contribution in [2.24, 2.45) is 5.10 Å². The lowest BCUT2D eigenvalue weighted by Gasteiger charge is -2.21. The van der Waals surface area contributed by atoms with E-state index in [1.165, 1.54) is 16.8 Å². The first-order valence-corrected chi connectivity index (χ1v) is 9.69. The largest absolute Gasteiger partial charge is 0.411 e. The van der Waals surface area contributed by atoms with Gasteiger partial charge in [-0.2, -0.15) is 5.10 Å². The minimum absolute atomic E-state index is 0.0657. The van der Waals surface area contributed by atoms with Crippen LogP contribution in [0.1, 0.15) is 18.0 Å². The average Bonchev–Trinajstić information content (AvgIpc) is 3.36. The molecule has 0 unspecified atom stereocenters. The van der Waals surface area contributed by atoms with Crippen LogP contribution in [0.15, 0.2) is 69.3 Å². The standard InChI is InChI=1S/C19H15ClN4O2S/c20-15-8-4-7-14(11-15)18-22-23-19(26-18)27-12-17(25)24-16(9-10-21-24)13-5-2-1-3-6-13/h1-8,10-11,16H,9,12H2/t16-/m1/s1. The molecular weight excluding hydrogens is 384 g/mol. The van der Waals surface area contributed by atoms with Gasteiger partial charge in [0.1, 0.15) is 0 Å². The van der Waals surface area contributed by atoms with Crippen LogP contribution in [-0.4, -0.2) is 33.1 Å². The van der Waals surface area contributed by atoms with Gasteiger partial charge in [-0.1, -0.05) is 59.8 Å². The van der Waals surface area contributed by atoms with E-state index in [1.807, 2.05) is 42.5 Å². The van der Waals surface area contributed by atoms with Crippen molar-refractivity contribution in [2.75, 3.05) is 5.75 Å². The van der Waals surface area contributed by atoms with Gasteiger partial charge in [-0.15, -0.1) is 10.2 Å². The molecule has 0 fully saturated rings. The number of thioether (sulfide) groups is 1. The van der Waals surface area contributed by atoms with E-state index in [9.17, 15) is 4.79 Å². The number of aromatic nitrogens is 2. The number of carbonyl (C=O) groups is 1. The first-order chi connectivity index (χ1) is 13.2. The molecule has 27 heavy (non-hydrogen) atoms. The summed E-state index contributed by atoms with van der Waals surface area (Å²) in [4.78, 5) is 12.6. The highest BCUT2D eigenvalue weighted by atomic mass is 35.5. The van der Waals surface area contributed by atoms with E-state index in [0.29, 0.717) is 22.6 Å². The molecule has 136 valence electrons. The first-order valence-electron chi connectivity index (χ1n) is 8.32. The van der Waals surface area contributed by atoms with Gasteiger partial charge >= 0.3 is 0 Å². The molecule has 0 radical (unpaired) electrons. The molecule has 8 heteroatoms. The highest BCUT2D eigenvalue weighted by Crippen LogP contribution is 2.30. The topological polar surface area (TPSA) is 71.6 Å². The van der Waals surface area contributed by atoms with E-state index in [4.69, 9.17) is 16.0 Å². The fourth-order valence-corrected chi connectivity index (χ4v) is 3.61. The van der Waals surface area contributed by atoms with E-state index < -0.39 is 0 Å². The summed E-state index contributed by atoms with van der Waals surface area (Å²) >= 11 is 7.18. The Morgan fingerprint density at radius 2 is 2.04 bits per heavy atom. The van der Waals surface area contributed by atoms with E-state index >= 15 is 0 Å². The number of hydrogen-bond acceptors (Lipinski definition) is 6. The second-order valence-electron chi connectivity index (χ2n) is 5.87. The first kappa shape index (κ1) is 17.8. The molecule has 3 aromatic rings. The highest BCUT2D eigenvalue weighted by molar-refractivity contribution is 7.99. The van der Waals surface area contributed by atoms with Crippen molar-refractivity contribution in [1.29, 1.82) is 0 Å². The molecule has 1 aromatic heterocycles. The normalized spacial score (nSPS) is 16.0. The van der Waals surface area contributed by atoms with Crippen LogP contribution in [0.4, 0.5) is 0 Å². The molecule has 0 bridgehead atoms. The number of hydrogen-bond donors (Lipinski definition) is 0. The third-order valence-corrected chi connectivity index (χ3v) is 5.11. The lowest BCUT2D eigenvalue weighted by atomic mass is 10.0. The van der Waals surface area contributed by atoms with Crippen LogP contribution in [-0.2, 0) is 4.79 Å². The molecule has 2 aromatic carbocycles. The number of halogens is 1. The zero-order chi connectivity index (χ0) is 18.6. The van der Waals surface area contributed by atoms with Crippen molar-refractivity contribution >= 4 is 35.5 Å². The Morgan fingerprint density at radius 3 is 2.85 bits per heavy atom. The minimum Gasteiger partial charge on any atom is -0.411 e. The lowest BCUT2D eigenvalue weighted by molar-refractivity contribution is -0.130. The van der Waals surface area contributed by atoms with Gasteiger partial charge in [0.25, 0.3) is 11.1 Å². The molecule has 0 spiro atoms. The number of hydrazone groups is 1. The summed E-state index contributed by atoms with van der Waals surface area (Å²) in [6.07, 6.45) is 2.48. The molecule has 1 aliphatic heterocycles. The van der Waals surface area contributed by atoms with Gasteiger partial charge in [-0.25, -0.2) is 5.01 Å². The van der Waals surface area contributed by atoms with Crippen LogP contribution in [0, 0.1) is 0 Å². The Kier molecular flexibility index (Phi) is 5.22. The second kappa shape index (κ2) is 7.94. The van der Waals surface area contributed by atoms with Gasteiger partial charge in [-0.05, 0) is 23.8 Å². The molecule has 0 saturated heterocycles. The number of carbonyl (C=O) groups excluding carboxylic acids is 1. The Bertz CT molecular complexity index is 977. The average molecular weight is 399 g/mol. The van der Waals surface area contributed by atoms with Crippen LogP contribution >= 0.6 is 23.4 Å². The van der Waals surface area contributed by atoms with Crippen LogP contribution in [0.5, 0.6) is 0 Å². The maximum absolute atomic E-state index is 12.6. The monoisotopic (exact) mass is 398 g/mol. The van der Waals surface area contributed by atoms with E-state index in [-0.39, 0.29) is 17.7 Å². The smallest absolute Gasteiger partial charge is 0.277 e. The number of amides is 1. The molecule has 6 nitrogen and oxygen atoms in total. The van der Waals surface area contributed by atoms with Crippen molar-refractivity contribution in [2.45, 2.75) is 17.7 Å². The zero-order valence-electron chi connectivity index (χ0n) is 14.2. The van der Waals surface area contributed by atoms with Gasteiger partial charge in [0.15, 0.2) is 0 Å². The van der Waals surface area contributed by atoms with Crippen molar-refractivity contribution in [1.82, 2.24) is 15.2 Å². The summed E-state index contributed by atoms with van der Waals surface area (Å²) in [5.41, 5.74) is 1.80. The number of benzene rings is 2. The number of nitrogens with zero attached hydrogens (tertiary/aromatic N) is 4. The van der Waals surface area contributed by atoms with Crippen molar-refractivity contribution in [3.63, 3.8) is 0 Å². The molecule has 1 amide bonds. The van der Waals surface area contributed by atoms with Gasteiger partial charge in [0.2, 0.25) is 5.89 Å². The third kappa shape index (κ3) is 4.04. The minimum atomic E-state index is -0.106. The van der Waals surface area contributed by atoms with Crippen LogP contribution in [0.3, 0.4) is 0 Å². The van der Waals surface area contributed by atoms with Crippen molar-refractivity contribution < 1.29 is 9.21 Å². The van der Waals surface area contributed by atoms with Gasteiger partial charge in [0.05, 0.1) is 11.8 Å². The predicted octanol–water partition coefficient (Wildman–Crippen LogP) is 4.44. The summed E-state index contributed by atoms with van der Waals surface area (Å²) < 4.78 is 5.62. The molecule has 0 saturated carbocycles. The predicted molar refractivity (Wildman–Crippen MR) is 105 cm³/mol. The van der Waals surface area contributed by atoms with E-state index in [0.717, 1.165) is 11.1 Å². The summed E-state index contributed by atoms with van der Waals surface area (Å²) in [7, 11) is 0. The molecule has 4 rings (SSSR count). The Morgan fingerprint density at radius 1 is 1.19 bits per heavy atom. The Hall–Kier alpha value is -2.64. The zero-order valence-corrected chi connectivity index (χ0v) is 15.7. The van der Waals surface area contributed by atoms with Gasteiger partial charge in [0, 0.05) is 23.2 Å². The quantitative estimate of drug-likeness (QED) is 0.594. The number of rotatable bonds is 5. The lowest BCUT2D eigenvalue weighted by Crippen LogP contribution is -2.28. The Labute approximate surface area is 165 Å². The molecule has 0 aliphatic carbocycles. The molecule has 0 N–H and O–H groups in total. The fraction of sp³-hybridized carbons (Fsp3) is 0.158. The second-order valence-corrected chi connectivity index (χ2v) is 7.23. The maximum Gasteiger partial charge on any atom is 0.277 e. The summed E-state index contributed by atoms with van der Waals surface area (Å²) in [6, 6.07) is 17.0. The van der Waals surface area contributed by atoms with Crippen molar-refractivity contribution in [3.8, 4) is 11.5 Å². The molecule has 2 heterocycles.